The summed E-state index contributed by atoms with van der Waals surface area (Å²) >= 11 is 0. The van der Waals surface area contributed by atoms with Crippen molar-refractivity contribution in [2.24, 2.45) is 14.1 Å². The lowest BCUT2D eigenvalue weighted by Crippen LogP contribution is -2.24. The van der Waals surface area contributed by atoms with Crippen molar-refractivity contribution < 1.29 is 4.74 Å². The number of aromatic nitrogens is 6. The van der Waals surface area contributed by atoms with Gasteiger partial charge >= 0.3 is 0 Å². The molecular formula is C24H20N6O2. The third-order valence-electron chi connectivity index (χ3n) is 5.25. The zero-order valence-corrected chi connectivity index (χ0v) is 17.6. The van der Waals surface area contributed by atoms with E-state index in [0.29, 0.717) is 22.6 Å². The van der Waals surface area contributed by atoms with E-state index in [0.717, 1.165) is 22.4 Å². The van der Waals surface area contributed by atoms with E-state index in [1.807, 2.05) is 49.6 Å². The smallest absolute Gasteiger partial charge is 0.279 e. The molecular weight excluding hydrogens is 404 g/mol. The van der Waals surface area contributed by atoms with Crippen LogP contribution in [0.5, 0.6) is 5.75 Å². The Labute approximate surface area is 183 Å². The first-order chi connectivity index (χ1) is 15.6. The van der Waals surface area contributed by atoms with Crippen LogP contribution in [0.25, 0.3) is 33.4 Å². The van der Waals surface area contributed by atoms with Gasteiger partial charge in [0, 0.05) is 50.0 Å². The van der Waals surface area contributed by atoms with E-state index in [9.17, 15) is 4.79 Å². The molecule has 5 rings (SSSR count). The third-order valence-corrected chi connectivity index (χ3v) is 5.25. The molecule has 0 spiro atoms. The molecule has 0 amide bonds. The highest BCUT2D eigenvalue weighted by Gasteiger charge is 2.13. The summed E-state index contributed by atoms with van der Waals surface area (Å²) in [6, 6.07) is 15.2. The van der Waals surface area contributed by atoms with Gasteiger partial charge in [-0.05, 0) is 54.1 Å². The van der Waals surface area contributed by atoms with Crippen molar-refractivity contribution in [3.63, 3.8) is 0 Å². The lowest BCUT2D eigenvalue weighted by atomic mass is 10.0. The maximum absolute atomic E-state index is 12.5. The van der Waals surface area contributed by atoms with E-state index in [2.05, 4.69) is 20.1 Å². The van der Waals surface area contributed by atoms with Crippen molar-refractivity contribution in [1.29, 1.82) is 0 Å². The van der Waals surface area contributed by atoms with E-state index in [1.54, 1.807) is 42.5 Å². The zero-order valence-electron chi connectivity index (χ0n) is 17.6. The van der Waals surface area contributed by atoms with Crippen LogP contribution in [0.1, 0.15) is 5.82 Å². The Hall–Kier alpha value is -4.33. The summed E-state index contributed by atoms with van der Waals surface area (Å²) in [5.41, 5.74) is 4.67. The second-order valence-corrected chi connectivity index (χ2v) is 7.38. The van der Waals surface area contributed by atoms with Crippen LogP contribution in [-0.2, 0) is 20.7 Å². The number of aryl methyl sites for hydroxylation is 1. The number of hydrogen-bond acceptors (Lipinski definition) is 6. The number of nitrogens with zero attached hydrogens (tertiary/aromatic N) is 6. The van der Waals surface area contributed by atoms with Gasteiger partial charge in [0.1, 0.15) is 23.9 Å². The fourth-order valence-corrected chi connectivity index (χ4v) is 3.57. The largest absolute Gasteiger partial charge is 0.486 e. The highest BCUT2D eigenvalue weighted by Crippen LogP contribution is 2.31. The van der Waals surface area contributed by atoms with Crippen molar-refractivity contribution in [3.8, 4) is 28.1 Å². The molecule has 0 saturated carbocycles. The molecule has 8 heteroatoms. The van der Waals surface area contributed by atoms with E-state index in [1.165, 1.54) is 4.57 Å². The lowest BCUT2D eigenvalue weighted by molar-refractivity contribution is 0.290. The third kappa shape index (κ3) is 3.62. The summed E-state index contributed by atoms with van der Waals surface area (Å²) in [7, 11) is 3.58. The molecule has 4 heterocycles. The van der Waals surface area contributed by atoms with Crippen molar-refractivity contribution in [1.82, 2.24) is 29.3 Å². The van der Waals surface area contributed by atoms with Crippen molar-refractivity contribution in [2.75, 3.05) is 0 Å². The number of pyridine rings is 2. The predicted octanol–water partition coefficient (Wildman–Crippen LogP) is 3.37. The molecule has 4 aromatic heterocycles. The Morgan fingerprint density at radius 1 is 0.938 bits per heavy atom. The van der Waals surface area contributed by atoms with Gasteiger partial charge in [-0.3, -0.25) is 19.0 Å². The molecule has 0 saturated heterocycles. The predicted molar refractivity (Wildman–Crippen MR) is 121 cm³/mol. The molecule has 158 valence electrons. The summed E-state index contributed by atoms with van der Waals surface area (Å²) in [6.07, 6.45) is 7.13. The Bertz CT molecular complexity index is 1460. The van der Waals surface area contributed by atoms with Gasteiger partial charge in [-0.25, -0.2) is 9.97 Å². The number of benzene rings is 1. The number of fused-ring (bicyclic) bond motifs is 1. The lowest BCUT2D eigenvalue weighted by Gasteiger charge is -2.11. The van der Waals surface area contributed by atoms with Crippen molar-refractivity contribution >= 4 is 11.0 Å². The van der Waals surface area contributed by atoms with Crippen LogP contribution in [0, 0.1) is 0 Å². The average molecular weight is 424 g/mol. The first kappa shape index (κ1) is 19.6. The molecule has 0 fully saturated rings. The number of hydrogen-bond donors (Lipinski definition) is 0. The normalized spacial score (nSPS) is 11.1. The molecule has 0 aliphatic carbocycles. The Morgan fingerprint density at radius 3 is 2.50 bits per heavy atom. The van der Waals surface area contributed by atoms with Crippen LogP contribution in [0.4, 0.5) is 0 Å². The summed E-state index contributed by atoms with van der Waals surface area (Å²) in [4.78, 5) is 25.2. The SMILES string of the molecule is Cn1cc(-c2ccncc2)c(-c2ccc(OCc3nc4cccnc4c(=O)n3C)cc2)n1. The zero-order chi connectivity index (χ0) is 22.1. The topological polar surface area (TPSA) is 87.7 Å². The second kappa shape index (κ2) is 8.07. The fourth-order valence-electron chi connectivity index (χ4n) is 3.57. The first-order valence-electron chi connectivity index (χ1n) is 10.1. The summed E-state index contributed by atoms with van der Waals surface area (Å²) in [5.74, 6) is 1.21. The van der Waals surface area contributed by atoms with Gasteiger partial charge in [0.2, 0.25) is 0 Å². The minimum Gasteiger partial charge on any atom is -0.486 e. The van der Waals surface area contributed by atoms with E-state index < -0.39 is 0 Å². The van der Waals surface area contributed by atoms with Crippen LogP contribution in [0.15, 0.2) is 78.1 Å². The molecule has 8 nitrogen and oxygen atoms in total. The van der Waals surface area contributed by atoms with Gasteiger partial charge in [0.05, 0.1) is 5.52 Å². The van der Waals surface area contributed by atoms with Gasteiger partial charge in [0.25, 0.3) is 5.56 Å². The van der Waals surface area contributed by atoms with E-state index in [-0.39, 0.29) is 12.2 Å². The molecule has 0 atom stereocenters. The van der Waals surface area contributed by atoms with Crippen LogP contribution in [-0.4, -0.2) is 29.3 Å². The standard InChI is InChI=1S/C24H20N6O2/c1-29-14-19(16-9-12-25-13-10-16)22(28-29)17-5-7-18(8-6-17)32-15-21-27-20-4-3-11-26-23(20)24(31)30(21)2/h3-14H,15H2,1-2H3. The maximum Gasteiger partial charge on any atom is 0.279 e. The molecule has 0 aliphatic heterocycles. The molecule has 0 unspecified atom stereocenters. The summed E-state index contributed by atoms with van der Waals surface area (Å²) < 4.78 is 9.18. The summed E-state index contributed by atoms with van der Waals surface area (Å²) in [6.45, 7) is 0.168. The Kier molecular flexibility index (Phi) is 4.95. The average Bonchev–Trinajstić information content (AvgIpc) is 3.23. The van der Waals surface area contributed by atoms with Gasteiger partial charge in [-0.2, -0.15) is 5.10 Å². The van der Waals surface area contributed by atoms with Gasteiger partial charge in [-0.15, -0.1) is 0 Å². The maximum atomic E-state index is 12.5. The van der Waals surface area contributed by atoms with Gasteiger partial charge < -0.3 is 4.74 Å². The minimum atomic E-state index is -0.191. The van der Waals surface area contributed by atoms with Crippen molar-refractivity contribution in [2.45, 2.75) is 6.61 Å². The van der Waals surface area contributed by atoms with Crippen LogP contribution in [0.2, 0.25) is 0 Å². The number of ether oxygens (including phenoxy) is 1. The van der Waals surface area contributed by atoms with Crippen LogP contribution >= 0.6 is 0 Å². The number of rotatable bonds is 5. The minimum absolute atomic E-state index is 0.168. The Morgan fingerprint density at radius 2 is 1.72 bits per heavy atom. The molecule has 0 aliphatic rings. The first-order valence-corrected chi connectivity index (χ1v) is 10.1. The molecule has 0 radical (unpaired) electrons. The van der Waals surface area contributed by atoms with Gasteiger partial charge in [0.15, 0.2) is 5.52 Å². The van der Waals surface area contributed by atoms with Crippen molar-refractivity contribution in [3.05, 3.63) is 89.5 Å². The second-order valence-electron chi connectivity index (χ2n) is 7.38. The van der Waals surface area contributed by atoms with E-state index >= 15 is 0 Å². The fraction of sp³-hybridized carbons (Fsp3) is 0.125. The van der Waals surface area contributed by atoms with Crippen LogP contribution < -0.4 is 10.3 Å². The molecule has 1 aromatic carbocycles. The highest BCUT2D eigenvalue weighted by atomic mass is 16.5. The van der Waals surface area contributed by atoms with E-state index in [4.69, 9.17) is 4.74 Å². The molecule has 32 heavy (non-hydrogen) atoms. The highest BCUT2D eigenvalue weighted by molar-refractivity contribution is 5.80. The summed E-state index contributed by atoms with van der Waals surface area (Å²) in [5, 5.41) is 4.63. The quantitative estimate of drug-likeness (QED) is 0.430. The molecule has 0 bridgehead atoms. The van der Waals surface area contributed by atoms with Crippen LogP contribution in [0.3, 0.4) is 0 Å². The molecule has 5 aromatic rings. The monoisotopic (exact) mass is 424 g/mol. The molecule has 0 N–H and O–H groups in total. The Balaban J connectivity index is 1.39. The van der Waals surface area contributed by atoms with Gasteiger partial charge in [-0.1, -0.05) is 0 Å².